The molecule has 0 nitrogen and oxygen atoms in total. The molecule has 0 N–H and O–H groups in total. The molecule has 316 valence electrons. The number of benzene rings is 8. The van der Waals surface area contributed by atoms with Crippen LogP contribution < -0.4 is 42.0 Å². The maximum atomic E-state index is 7.47. The van der Waals surface area contributed by atoms with Crippen LogP contribution in [0, 0.1) is 24.7 Å². The van der Waals surface area contributed by atoms with Gasteiger partial charge in [0.15, 0.2) is 5.90 Å². The molecular weight excluding hydrogens is 1020 g/mol. The van der Waals surface area contributed by atoms with Crippen molar-refractivity contribution < 1.29 is 44.8 Å². The van der Waals surface area contributed by atoms with Gasteiger partial charge in [0.05, 0.1) is 16.1 Å². The number of fused-ring (bicyclic) bond motifs is 6. The molecule has 0 bridgehead atoms. The molecule has 6 heteroatoms. The third-order valence-electron chi connectivity index (χ3n) is 12.3. The van der Waals surface area contributed by atoms with Crippen LogP contribution in [0.15, 0.2) is 206 Å². The molecule has 63 heavy (non-hydrogen) atoms. The van der Waals surface area contributed by atoms with E-state index in [0.717, 1.165) is 11.1 Å². The first-order valence-corrected chi connectivity index (χ1v) is 30.4. The Morgan fingerprint density at radius 1 is 0.349 bits per heavy atom. The molecule has 0 saturated carbocycles. The van der Waals surface area contributed by atoms with Crippen LogP contribution in [0.2, 0.25) is 26.2 Å². The van der Waals surface area contributed by atoms with Crippen molar-refractivity contribution in [2.24, 2.45) is 0 Å². The summed E-state index contributed by atoms with van der Waals surface area (Å²) in [7, 11) is -4.95. The van der Waals surface area contributed by atoms with E-state index in [1.807, 2.05) is 24.3 Å². The predicted molar refractivity (Wildman–Crippen MR) is 276 cm³/mol. The monoisotopic (exact) mass is 1070 g/mol. The molecule has 0 amide bonds. The molecule has 2 aliphatic rings. The minimum absolute atomic E-state index is 0. The van der Waals surface area contributed by atoms with Gasteiger partial charge >= 0.3 is 44.8 Å². The smallest absolute Gasteiger partial charge is 0.366 e. The molecule has 2 aliphatic heterocycles. The Morgan fingerprint density at radius 3 is 0.921 bits per heavy atom. The number of rotatable bonds is 6. The minimum Gasteiger partial charge on any atom is -0.366 e. The first-order chi connectivity index (χ1) is 29.7. The van der Waals surface area contributed by atoms with E-state index in [0.29, 0.717) is 0 Å². The molecule has 0 radical (unpaired) electrons. The topological polar surface area (TPSA) is 0 Å². The van der Waals surface area contributed by atoms with E-state index in [1.54, 1.807) is 0 Å². The quantitative estimate of drug-likeness (QED) is 0.0675. The SMILES string of the molecule is [Ag+].[Ag+].[C-]#Cc1cccc2c1[Si](C)(C)c1ccccc1-2.[C-]#Cc1cccc2c1[Si](C)(C)c1ccccc1-2.c1ccc([PH+](C[PH+](c2ccccc2)c2ccccc2)c2ccccc2)cc1. The first kappa shape index (κ1) is 48.1. The normalized spacial score (nSPS) is 12.8. The number of hydrogen-bond acceptors (Lipinski definition) is 0. The molecule has 0 atom stereocenters. The third-order valence-corrected chi connectivity index (χ3v) is 26.4. The van der Waals surface area contributed by atoms with Crippen molar-refractivity contribution in [2.45, 2.75) is 26.2 Å². The fraction of sp³-hybridized carbons (Fsp3) is 0.0877. The Bertz CT molecular complexity index is 2590. The summed E-state index contributed by atoms with van der Waals surface area (Å²) in [6, 6.07) is 74.2. The van der Waals surface area contributed by atoms with Crippen molar-refractivity contribution in [3.63, 3.8) is 0 Å². The minimum atomic E-state index is -1.63. The number of hydrogen-bond donors (Lipinski definition) is 0. The fourth-order valence-corrected chi connectivity index (χ4v) is 23.9. The summed E-state index contributed by atoms with van der Waals surface area (Å²) in [6.07, 6.45) is 14.9. The second-order valence-corrected chi connectivity index (χ2v) is 30.9. The molecule has 8 aromatic rings. The summed E-state index contributed by atoms with van der Waals surface area (Å²) in [5.41, 5.74) is 7.28. The van der Waals surface area contributed by atoms with Crippen molar-refractivity contribution in [1.29, 1.82) is 0 Å². The van der Waals surface area contributed by atoms with Crippen LogP contribution >= 0.6 is 15.8 Å². The maximum Gasteiger partial charge on any atom is 1.00 e. The van der Waals surface area contributed by atoms with Crippen molar-refractivity contribution in [3.05, 3.63) is 230 Å². The molecule has 2 heterocycles. The van der Waals surface area contributed by atoms with Crippen LogP contribution in [0.3, 0.4) is 0 Å². The molecule has 0 spiro atoms. The summed E-state index contributed by atoms with van der Waals surface area (Å²) in [6.45, 7) is 9.44. The van der Waals surface area contributed by atoms with Gasteiger partial charge in [-0.1, -0.05) is 172 Å². The van der Waals surface area contributed by atoms with Crippen LogP contribution in [0.4, 0.5) is 0 Å². The average Bonchev–Trinajstić information content (AvgIpc) is 3.71. The van der Waals surface area contributed by atoms with Crippen molar-refractivity contribution >= 4 is 74.0 Å². The van der Waals surface area contributed by atoms with Gasteiger partial charge in [-0.3, -0.25) is 11.8 Å². The Morgan fingerprint density at radius 2 is 0.619 bits per heavy atom. The summed E-state index contributed by atoms with van der Waals surface area (Å²) in [5, 5.41) is 11.7. The third kappa shape index (κ3) is 10.00. The fourth-order valence-electron chi connectivity index (χ4n) is 9.38. The Labute approximate surface area is 411 Å². The van der Waals surface area contributed by atoms with Gasteiger partial charge in [0.2, 0.25) is 0 Å². The standard InChI is InChI=1S/C25H22P2.2C16H13Si.2Ag/c1-5-13-22(14-6-1)26(23-15-7-2-8-16-23)21-27(24-17-9-3-10-18-24)25-19-11-4-12-20-25;2*1-4-12-8-7-10-14-13-9-5-6-11-15(13)17(2,3)16(12)14;;/h1-20H,21H2;2*5-11H,2-3H3;;/q;2*-1;2*+1/p+2. The second kappa shape index (κ2) is 21.6. The molecular formula is C57H50Ag2P2Si2+2. The first-order valence-electron chi connectivity index (χ1n) is 21.0. The Kier molecular flexibility index (Phi) is 16.5. The van der Waals surface area contributed by atoms with E-state index in [1.165, 1.54) is 70.1 Å². The molecule has 0 aromatic heterocycles. The van der Waals surface area contributed by atoms with Crippen LogP contribution in [0.5, 0.6) is 0 Å². The summed E-state index contributed by atoms with van der Waals surface area (Å²) in [5.74, 6) is 6.45. The molecule has 0 saturated heterocycles. The Hall–Kier alpha value is -4.35. The van der Waals surface area contributed by atoms with E-state index in [2.05, 4.69) is 220 Å². The zero-order valence-electron chi connectivity index (χ0n) is 35.9. The van der Waals surface area contributed by atoms with Gasteiger partial charge < -0.3 is 12.8 Å². The van der Waals surface area contributed by atoms with Crippen LogP contribution in [-0.4, -0.2) is 22.1 Å². The van der Waals surface area contributed by atoms with E-state index in [-0.39, 0.29) is 44.8 Å². The van der Waals surface area contributed by atoms with E-state index >= 15 is 0 Å². The second-order valence-electron chi connectivity index (χ2n) is 16.6. The van der Waals surface area contributed by atoms with Gasteiger partial charge in [0.25, 0.3) is 0 Å². The average molecular weight is 1070 g/mol. The molecule has 10 rings (SSSR count). The van der Waals surface area contributed by atoms with Gasteiger partial charge in [-0.25, -0.2) is 0 Å². The summed E-state index contributed by atoms with van der Waals surface area (Å²) >= 11 is 0. The van der Waals surface area contributed by atoms with Crippen LogP contribution in [-0.2, 0) is 44.8 Å². The summed E-state index contributed by atoms with van der Waals surface area (Å²) < 4.78 is 0. The summed E-state index contributed by atoms with van der Waals surface area (Å²) in [4.78, 5) is 0. The Balaban J connectivity index is 0.000000161. The van der Waals surface area contributed by atoms with Crippen LogP contribution in [0.25, 0.3) is 22.3 Å². The van der Waals surface area contributed by atoms with Gasteiger partial charge in [-0.2, -0.15) is 0 Å². The van der Waals surface area contributed by atoms with Crippen LogP contribution in [0.1, 0.15) is 11.1 Å². The molecule has 0 unspecified atom stereocenters. The molecule has 0 fully saturated rings. The van der Waals surface area contributed by atoms with Gasteiger partial charge in [0, 0.05) is 0 Å². The van der Waals surface area contributed by atoms with Gasteiger partial charge in [-0.05, 0) is 81.2 Å². The zero-order valence-corrected chi connectivity index (χ0v) is 42.9. The van der Waals surface area contributed by atoms with Crippen molar-refractivity contribution in [2.75, 3.05) is 5.90 Å². The van der Waals surface area contributed by atoms with Gasteiger partial charge in [0.1, 0.15) is 37.1 Å². The van der Waals surface area contributed by atoms with E-state index < -0.39 is 32.0 Å². The van der Waals surface area contributed by atoms with E-state index in [9.17, 15) is 0 Å². The maximum absolute atomic E-state index is 7.47. The molecule has 0 aliphatic carbocycles. The molecule has 8 aromatic carbocycles. The van der Waals surface area contributed by atoms with E-state index in [4.69, 9.17) is 12.8 Å². The van der Waals surface area contributed by atoms with Crippen molar-refractivity contribution in [1.82, 2.24) is 0 Å². The predicted octanol–water partition coefficient (Wildman–Crippen LogP) is 9.52. The zero-order chi connectivity index (χ0) is 42.4. The van der Waals surface area contributed by atoms with Gasteiger partial charge in [-0.15, -0.1) is 33.6 Å². The largest absolute Gasteiger partial charge is 1.00 e. The van der Waals surface area contributed by atoms with Crippen molar-refractivity contribution in [3.8, 4) is 34.1 Å².